The highest BCUT2D eigenvalue weighted by Crippen LogP contribution is 2.40. The first-order chi connectivity index (χ1) is 17.4. The lowest BCUT2D eigenvalue weighted by Gasteiger charge is -2.23. The molecule has 0 saturated carbocycles. The quantitative estimate of drug-likeness (QED) is 0.274. The van der Waals surface area contributed by atoms with Crippen LogP contribution in [0, 0.1) is 0 Å². The second-order valence-electron chi connectivity index (χ2n) is 8.44. The molecule has 36 heavy (non-hydrogen) atoms. The molecule has 1 aliphatic rings. The monoisotopic (exact) mass is 503 g/mol. The summed E-state index contributed by atoms with van der Waals surface area (Å²) in [5.74, 6) is -0.466. The number of nitrogens with zero attached hydrogens (tertiary/aromatic N) is 1. The molecule has 5 rings (SSSR count). The van der Waals surface area contributed by atoms with Crippen LogP contribution >= 0.6 is 11.6 Å². The number of carboxylic acid groups (broad SMARTS) is 1. The summed E-state index contributed by atoms with van der Waals surface area (Å²) in [7, 11) is 0. The first kappa shape index (κ1) is 23.4. The van der Waals surface area contributed by atoms with Gasteiger partial charge < -0.3 is 19.7 Å². The van der Waals surface area contributed by atoms with E-state index >= 15 is 0 Å². The number of anilines is 2. The molecule has 0 fully saturated rings. The van der Waals surface area contributed by atoms with Gasteiger partial charge in [-0.2, -0.15) is 0 Å². The van der Waals surface area contributed by atoms with Gasteiger partial charge in [-0.05, 0) is 35.7 Å². The predicted octanol–water partition coefficient (Wildman–Crippen LogP) is 6.52. The van der Waals surface area contributed by atoms with Gasteiger partial charge in [-0.25, -0.2) is 4.79 Å². The van der Waals surface area contributed by atoms with Gasteiger partial charge in [0.1, 0.15) is 11.8 Å². The van der Waals surface area contributed by atoms with E-state index in [0.717, 1.165) is 33.5 Å². The van der Waals surface area contributed by atoms with Crippen LogP contribution in [0.15, 0.2) is 71.4 Å². The average molecular weight is 504 g/mol. The van der Waals surface area contributed by atoms with E-state index in [2.05, 4.69) is 15.8 Å². The van der Waals surface area contributed by atoms with Crippen LogP contribution in [0.1, 0.15) is 29.7 Å². The van der Waals surface area contributed by atoms with Gasteiger partial charge in [-0.1, -0.05) is 65.3 Å². The van der Waals surface area contributed by atoms with Gasteiger partial charge in [0.15, 0.2) is 5.76 Å². The Kier molecular flexibility index (Phi) is 6.35. The number of carbonyl (C=O) groups excluding carboxylic acids is 1. The van der Waals surface area contributed by atoms with Crippen LogP contribution in [-0.2, 0) is 22.5 Å². The SMILES string of the molecule is CC(OC(=O)Nc1cnoc1-c1ccc2c(c1)NCc1cc(CC(=O)O)ccc1-2)c1ccccc1Cl. The second kappa shape index (κ2) is 9.75. The lowest BCUT2D eigenvalue weighted by Crippen LogP contribution is -2.16. The number of benzene rings is 3. The number of carbonyl (C=O) groups is 2. The lowest BCUT2D eigenvalue weighted by molar-refractivity contribution is -0.136. The highest BCUT2D eigenvalue weighted by Gasteiger charge is 2.21. The lowest BCUT2D eigenvalue weighted by atomic mass is 9.91. The number of aliphatic carboxylic acids is 1. The first-order valence-electron chi connectivity index (χ1n) is 11.3. The Morgan fingerprint density at radius 1 is 1.17 bits per heavy atom. The molecule has 0 spiro atoms. The molecule has 9 heteroatoms. The Balaban J connectivity index is 1.34. The first-order valence-corrected chi connectivity index (χ1v) is 11.7. The van der Waals surface area contributed by atoms with Crippen LogP contribution < -0.4 is 10.6 Å². The smallest absolute Gasteiger partial charge is 0.412 e. The molecule has 182 valence electrons. The number of hydrogen-bond donors (Lipinski definition) is 3. The molecular weight excluding hydrogens is 482 g/mol. The topological polar surface area (TPSA) is 114 Å². The van der Waals surface area contributed by atoms with Crippen LogP contribution in [0.3, 0.4) is 0 Å². The largest absolute Gasteiger partial charge is 0.481 e. The molecule has 1 aliphatic heterocycles. The van der Waals surface area contributed by atoms with Gasteiger partial charge in [-0.3, -0.25) is 10.1 Å². The molecule has 1 atom stereocenters. The average Bonchev–Trinajstić information content (AvgIpc) is 3.31. The number of halogens is 1. The summed E-state index contributed by atoms with van der Waals surface area (Å²) in [4.78, 5) is 23.6. The summed E-state index contributed by atoms with van der Waals surface area (Å²) in [5.41, 5.74) is 6.52. The molecule has 1 unspecified atom stereocenters. The Morgan fingerprint density at radius 2 is 1.97 bits per heavy atom. The third-order valence-corrected chi connectivity index (χ3v) is 6.34. The van der Waals surface area contributed by atoms with Gasteiger partial charge in [-0.15, -0.1) is 0 Å². The number of hydrogen-bond acceptors (Lipinski definition) is 6. The summed E-state index contributed by atoms with van der Waals surface area (Å²) in [6.07, 6.45) is 0.197. The van der Waals surface area contributed by atoms with Crippen molar-refractivity contribution in [2.75, 3.05) is 10.6 Å². The van der Waals surface area contributed by atoms with E-state index in [0.29, 0.717) is 28.6 Å². The third-order valence-electron chi connectivity index (χ3n) is 6.00. The minimum absolute atomic E-state index is 0.0139. The van der Waals surface area contributed by atoms with Crippen LogP contribution in [0.25, 0.3) is 22.5 Å². The Labute approximate surface area is 211 Å². The minimum Gasteiger partial charge on any atom is -0.481 e. The fraction of sp³-hybridized carbons (Fsp3) is 0.148. The number of ether oxygens (including phenoxy) is 1. The van der Waals surface area contributed by atoms with Crippen LogP contribution in [0.4, 0.5) is 16.2 Å². The van der Waals surface area contributed by atoms with Gasteiger partial charge in [0.05, 0.1) is 12.6 Å². The molecule has 1 amide bonds. The van der Waals surface area contributed by atoms with Crippen LogP contribution in [0.2, 0.25) is 5.02 Å². The number of aromatic nitrogens is 1. The number of nitrogens with one attached hydrogen (secondary N) is 2. The van der Waals surface area contributed by atoms with Gasteiger partial charge in [0.2, 0.25) is 0 Å². The van der Waals surface area contributed by atoms with Crippen LogP contribution in [-0.4, -0.2) is 22.3 Å². The summed E-state index contributed by atoms with van der Waals surface area (Å²) < 4.78 is 10.9. The van der Waals surface area contributed by atoms with Crippen molar-refractivity contribution >= 4 is 35.0 Å². The van der Waals surface area contributed by atoms with Crippen LogP contribution in [0.5, 0.6) is 0 Å². The standard InChI is InChI=1S/C27H22ClN3O5/c1-15(19-4-2-3-5-22(19)28)35-27(34)31-24-14-30-36-26(24)17-7-9-21-20-8-6-16(11-25(32)33)10-18(20)13-29-23(21)12-17/h2-10,12,14-15,29H,11,13H2,1H3,(H,31,34)(H,32,33). The summed E-state index contributed by atoms with van der Waals surface area (Å²) in [5, 5.41) is 19.5. The van der Waals surface area contributed by atoms with E-state index in [9.17, 15) is 9.59 Å². The van der Waals surface area contributed by atoms with Gasteiger partial charge in [0.25, 0.3) is 0 Å². The fourth-order valence-electron chi connectivity index (χ4n) is 4.30. The van der Waals surface area contributed by atoms with E-state index in [1.807, 2.05) is 48.5 Å². The van der Waals surface area contributed by atoms with Crippen molar-refractivity contribution in [1.29, 1.82) is 0 Å². The fourth-order valence-corrected chi connectivity index (χ4v) is 4.59. The molecule has 0 aliphatic carbocycles. The normalized spacial score (nSPS) is 12.6. The predicted molar refractivity (Wildman–Crippen MR) is 136 cm³/mol. The zero-order valence-corrected chi connectivity index (χ0v) is 20.0. The maximum absolute atomic E-state index is 12.6. The van der Waals surface area contributed by atoms with E-state index < -0.39 is 18.2 Å². The number of amides is 1. The summed E-state index contributed by atoms with van der Waals surface area (Å²) in [6, 6.07) is 18.6. The summed E-state index contributed by atoms with van der Waals surface area (Å²) >= 11 is 6.20. The molecule has 8 nitrogen and oxygen atoms in total. The zero-order valence-electron chi connectivity index (χ0n) is 19.2. The molecular formula is C27H22ClN3O5. The van der Waals surface area contributed by atoms with E-state index in [1.54, 1.807) is 19.1 Å². The van der Waals surface area contributed by atoms with E-state index in [4.69, 9.17) is 26.0 Å². The van der Waals surface area contributed by atoms with Crippen molar-refractivity contribution < 1.29 is 24.0 Å². The molecule has 1 aromatic heterocycles. The Morgan fingerprint density at radius 3 is 2.78 bits per heavy atom. The second-order valence-corrected chi connectivity index (χ2v) is 8.85. The molecule has 4 aromatic rings. The number of rotatable bonds is 6. The van der Waals surface area contributed by atoms with Gasteiger partial charge >= 0.3 is 12.1 Å². The molecule has 3 aromatic carbocycles. The van der Waals surface area contributed by atoms with E-state index in [1.165, 1.54) is 6.20 Å². The van der Waals surface area contributed by atoms with Crippen molar-refractivity contribution in [2.45, 2.75) is 26.0 Å². The van der Waals surface area contributed by atoms with Crippen molar-refractivity contribution in [1.82, 2.24) is 5.16 Å². The molecule has 2 heterocycles. The van der Waals surface area contributed by atoms with Gasteiger partial charge in [0, 0.05) is 33.9 Å². The molecule has 0 radical (unpaired) electrons. The maximum Gasteiger partial charge on any atom is 0.412 e. The Hall–Kier alpha value is -4.30. The number of fused-ring (bicyclic) bond motifs is 3. The molecule has 0 saturated heterocycles. The molecule has 3 N–H and O–H groups in total. The highest BCUT2D eigenvalue weighted by atomic mass is 35.5. The van der Waals surface area contributed by atoms with Crippen molar-refractivity contribution in [3.8, 4) is 22.5 Å². The van der Waals surface area contributed by atoms with E-state index in [-0.39, 0.29) is 6.42 Å². The Bertz CT molecular complexity index is 1470. The van der Waals surface area contributed by atoms with Crippen molar-refractivity contribution in [2.24, 2.45) is 0 Å². The van der Waals surface area contributed by atoms with Crippen molar-refractivity contribution in [3.63, 3.8) is 0 Å². The van der Waals surface area contributed by atoms with Crippen molar-refractivity contribution in [3.05, 3.63) is 88.6 Å². The maximum atomic E-state index is 12.6. The highest BCUT2D eigenvalue weighted by molar-refractivity contribution is 6.31. The zero-order chi connectivity index (χ0) is 25.2. The minimum atomic E-state index is -0.859. The molecule has 0 bridgehead atoms. The summed E-state index contributed by atoms with van der Waals surface area (Å²) in [6.45, 7) is 2.31. The number of carboxylic acids is 1. The third kappa shape index (κ3) is 4.76.